The zero-order valence-corrected chi connectivity index (χ0v) is 20.9. The molecule has 1 heterocycles. The summed E-state index contributed by atoms with van der Waals surface area (Å²) in [6.45, 7) is 6.73. The summed E-state index contributed by atoms with van der Waals surface area (Å²) in [7, 11) is 2.79. The molecular formula is C26H30F3N3O4. The second kappa shape index (κ2) is 9.55. The SMILES string of the molecule is COC(=O)c1cc2nc(Nc3ccc(OC(F)(F)F)cc3)n([C@H]3C[C@@H](C)CC(C)(C)C3)c2cc1OC. The van der Waals surface area contributed by atoms with Gasteiger partial charge in [0.2, 0.25) is 5.95 Å². The van der Waals surface area contributed by atoms with Gasteiger partial charge in [-0.15, -0.1) is 13.2 Å². The average molecular weight is 506 g/mol. The zero-order valence-electron chi connectivity index (χ0n) is 20.9. The maximum atomic E-state index is 12.5. The van der Waals surface area contributed by atoms with Crippen LogP contribution in [0, 0.1) is 11.3 Å². The van der Waals surface area contributed by atoms with E-state index in [9.17, 15) is 18.0 Å². The van der Waals surface area contributed by atoms with Crippen LogP contribution in [0.15, 0.2) is 36.4 Å². The van der Waals surface area contributed by atoms with Crippen LogP contribution in [-0.4, -0.2) is 36.1 Å². The van der Waals surface area contributed by atoms with Crippen molar-refractivity contribution in [1.29, 1.82) is 0 Å². The minimum atomic E-state index is -4.76. The first-order chi connectivity index (χ1) is 16.9. The maximum absolute atomic E-state index is 12.5. The fourth-order valence-corrected chi connectivity index (χ4v) is 5.38. The number of carbonyl (C=O) groups is 1. The lowest BCUT2D eigenvalue weighted by molar-refractivity contribution is -0.274. The first-order valence-electron chi connectivity index (χ1n) is 11.7. The molecule has 1 aliphatic rings. The molecule has 1 saturated carbocycles. The predicted octanol–water partition coefficient (Wildman–Crippen LogP) is 6.86. The highest BCUT2D eigenvalue weighted by Gasteiger charge is 2.35. The van der Waals surface area contributed by atoms with Crippen LogP contribution in [0.2, 0.25) is 0 Å². The Bertz CT molecular complexity index is 1250. The maximum Gasteiger partial charge on any atom is 0.573 e. The molecule has 1 N–H and O–H groups in total. The smallest absolute Gasteiger partial charge is 0.496 e. The van der Waals surface area contributed by atoms with Crippen molar-refractivity contribution in [3.63, 3.8) is 0 Å². The van der Waals surface area contributed by atoms with Gasteiger partial charge in [-0.2, -0.15) is 0 Å². The number of hydrogen-bond acceptors (Lipinski definition) is 6. The van der Waals surface area contributed by atoms with Crippen molar-refractivity contribution in [3.05, 3.63) is 42.0 Å². The Balaban J connectivity index is 1.80. The Labute approximate surface area is 207 Å². The summed E-state index contributed by atoms with van der Waals surface area (Å²) in [6, 6.07) is 9.01. The summed E-state index contributed by atoms with van der Waals surface area (Å²) in [5, 5.41) is 3.25. The number of alkyl halides is 3. The highest BCUT2D eigenvalue weighted by Crippen LogP contribution is 2.46. The molecule has 36 heavy (non-hydrogen) atoms. The summed E-state index contributed by atoms with van der Waals surface area (Å²) in [6.07, 6.45) is -1.81. The molecule has 1 fully saturated rings. The van der Waals surface area contributed by atoms with Gasteiger partial charge < -0.3 is 24.1 Å². The third kappa shape index (κ3) is 5.52. The summed E-state index contributed by atoms with van der Waals surface area (Å²) in [5.41, 5.74) is 2.28. The van der Waals surface area contributed by atoms with Gasteiger partial charge >= 0.3 is 12.3 Å². The number of carbonyl (C=O) groups excluding carboxylic acids is 1. The van der Waals surface area contributed by atoms with Gasteiger partial charge in [0.25, 0.3) is 0 Å². The van der Waals surface area contributed by atoms with Crippen molar-refractivity contribution in [3.8, 4) is 11.5 Å². The molecule has 2 aromatic carbocycles. The number of aromatic nitrogens is 2. The first kappa shape index (κ1) is 25.7. The largest absolute Gasteiger partial charge is 0.573 e. The summed E-state index contributed by atoms with van der Waals surface area (Å²) in [5.74, 6) is 0.536. The molecule has 0 saturated heterocycles. The van der Waals surface area contributed by atoms with Crippen LogP contribution in [0.4, 0.5) is 24.8 Å². The van der Waals surface area contributed by atoms with Crippen molar-refractivity contribution in [2.45, 2.75) is 52.4 Å². The molecule has 1 aliphatic carbocycles. The van der Waals surface area contributed by atoms with Crippen LogP contribution in [0.25, 0.3) is 11.0 Å². The Hall–Kier alpha value is -3.43. The van der Waals surface area contributed by atoms with Gasteiger partial charge in [-0.05, 0) is 60.9 Å². The van der Waals surface area contributed by atoms with Crippen LogP contribution in [0.5, 0.6) is 11.5 Å². The fraction of sp³-hybridized carbons (Fsp3) is 0.462. The Morgan fingerprint density at radius 3 is 2.42 bits per heavy atom. The second-order valence-electron chi connectivity index (χ2n) is 10.1. The van der Waals surface area contributed by atoms with E-state index in [0.717, 1.165) is 24.8 Å². The van der Waals surface area contributed by atoms with Crippen LogP contribution in [0.3, 0.4) is 0 Å². The molecule has 3 aromatic rings. The lowest BCUT2D eigenvalue weighted by Gasteiger charge is -2.40. The van der Waals surface area contributed by atoms with E-state index >= 15 is 0 Å². The predicted molar refractivity (Wildman–Crippen MR) is 130 cm³/mol. The van der Waals surface area contributed by atoms with Crippen LogP contribution >= 0.6 is 0 Å². The minimum Gasteiger partial charge on any atom is -0.496 e. The third-order valence-electron chi connectivity index (χ3n) is 6.49. The molecule has 2 atom stereocenters. The Morgan fingerprint density at radius 2 is 1.83 bits per heavy atom. The van der Waals surface area contributed by atoms with Crippen LogP contribution in [-0.2, 0) is 4.74 Å². The van der Waals surface area contributed by atoms with Crippen molar-refractivity contribution in [2.75, 3.05) is 19.5 Å². The number of imidazole rings is 1. The Morgan fingerprint density at radius 1 is 1.14 bits per heavy atom. The summed E-state index contributed by atoms with van der Waals surface area (Å²) >= 11 is 0. The van der Waals surface area contributed by atoms with Gasteiger partial charge in [0.05, 0.1) is 25.3 Å². The number of nitrogens with one attached hydrogen (secondary N) is 1. The van der Waals surface area contributed by atoms with E-state index in [1.807, 2.05) is 0 Å². The van der Waals surface area contributed by atoms with Crippen molar-refractivity contribution in [1.82, 2.24) is 9.55 Å². The number of rotatable bonds is 6. The number of anilines is 2. The molecule has 4 rings (SSSR count). The number of nitrogens with zero attached hydrogens (tertiary/aromatic N) is 2. The average Bonchev–Trinajstić information content (AvgIpc) is 3.13. The number of benzene rings is 2. The van der Waals surface area contributed by atoms with Crippen molar-refractivity contribution < 1.29 is 32.2 Å². The monoisotopic (exact) mass is 505 g/mol. The first-order valence-corrected chi connectivity index (χ1v) is 11.7. The lowest BCUT2D eigenvalue weighted by Crippen LogP contribution is -2.29. The lowest BCUT2D eigenvalue weighted by atomic mass is 9.70. The summed E-state index contributed by atoms with van der Waals surface area (Å²) < 4.78 is 54.1. The van der Waals surface area contributed by atoms with E-state index in [2.05, 4.69) is 35.4 Å². The van der Waals surface area contributed by atoms with Crippen LogP contribution < -0.4 is 14.8 Å². The molecule has 0 bridgehead atoms. The fourth-order valence-electron chi connectivity index (χ4n) is 5.38. The van der Waals surface area contributed by atoms with E-state index in [1.165, 1.54) is 38.5 Å². The quantitative estimate of drug-likeness (QED) is 0.369. The number of methoxy groups -OCH3 is 2. The van der Waals surface area contributed by atoms with Gasteiger partial charge in [-0.1, -0.05) is 20.8 Å². The number of ether oxygens (including phenoxy) is 3. The van der Waals surface area contributed by atoms with E-state index < -0.39 is 12.3 Å². The molecule has 0 unspecified atom stereocenters. The van der Waals surface area contributed by atoms with Gasteiger partial charge in [0.15, 0.2) is 0 Å². The molecule has 10 heteroatoms. The summed E-state index contributed by atoms with van der Waals surface area (Å²) in [4.78, 5) is 17.1. The minimum absolute atomic E-state index is 0.109. The second-order valence-corrected chi connectivity index (χ2v) is 10.1. The van der Waals surface area contributed by atoms with Crippen LogP contribution in [0.1, 0.15) is 56.4 Å². The topological polar surface area (TPSA) is 74.6 Å². The van der Waals surface area contributed by atoms with Gasteiger partial charge in [-0.3, -0.25) is 0 Å². The molecule has 194 valence electrons. The number of halogens is 3. The number of fused-ring (bicyclic) bond motifs is 1. The van der Waals surface area contributed by atoms with Gasteiger partial charge in [0, 0.05) is 17.8 Å². The molecule has 7 nitrogen and oxygen atoms in total. The zero-order chi connectivity index (χ0) is 26.3. The number of esters is 1. The van der Waals surface area contributed by atoms with Crippen molar-refractivity contribution in [2.24, 2.45) is 11.3 Å². The number of hydrogen-bond donors (Lipinski definition) is 1. The van der Waals surface area contributed by atoms with E-state index in [0.29, 0.717) is 28.8 Å². The molecular weight excluding hydrogens is 475 g/mol. The van der Waals surface area contributed by atoms with E-state index in [1.54, 1.807) is 12.1 Å². The van der Waals surface area contributed by atoms with E-state index in [4.69, 9.17) is 14.5 Å². The van der Waals surface area contributed by atoms with Gasteiger partial charge in [-0.25, -0.2) is 9.78 Å². The van der Waals surface area contributed by atoms with Gasteiger partial charge in [0.1, 0.15) is 17.1 Å². The highest BCUT2D eigenvalue weighted by atomic mass is 19.4. The molecule has 1 aromatic heterocycles. The normalized spacial score (nSPS) is 19.7. The molecule has 0 radical (unpaired) electrons. The molecule has 0 amide bonds. The standard InChI is InChI=1S/C26H30F3N3O4/c1-15-10-17(14-25(2,3)13-15)32-21-12-22(34-4)19(23(33)35-5)11-20(21)31-24(32)30-16-6-8-18(9-7-16)36-26(27,28)29/h6-9,11-12,15,17H,10,13-14H2,1-5H3,(H,30,31)/t15-,17+/m1/s1. The highest BCUT2D eigenvalue weighted by molar-refractivity contribution is 5.97. The van der Waals surface area contributed by atoms with E-state index in [-0.39, 0.29) is 22.8 Å². The molecule has 0 aliphatic heterocycles. The van der Waals surface area contributed by atoms with Crippen molar-refractivity contribution >= 4 is 28.6 Å². The molecule has 0 spiro atoms. The Kier molecular flexibility index (Phi) is 6.81. The third-order valence-corrected chi connectivity index (χ3v) is 6.49.